The van der Waals surface area contributed by atoms with E-state index < -0.39 is 5.60 Å². The highest BCUT2D eigenvalue weighted by atomic mass is 16.3. The van der Waals surface area contributed by atoms with Crippen molar-refractivity contribution in [3.8, 4) is 0 Å². The van der Waals surface area contributed by atoms with Gasteiger partial charge in [0.1, 0.15) is 5.60 Å². The first-order chi connectivity index (χ1) is 14.6. The second kappa shape index (κ2) is 9.82. The summed E-state index contributed by atoms with van der Waals surface area (Å²) in [7, 11) is 0. The number of rotatable bonds is 9. The van der Waals surface area contributed by atoms with Gasteiger partial charge in [-0.25, -0.2) is 0 Å². The average molecular weight is 403 g/mol. The summed E-state index contributed by atoms with van der Waals surface area (Å²) in [5.41, 5.74) is 3.72. The van der Waals surface area contributed by atoms with Gasteiger partial charge in [0.2, 0.25) is 0 Å². The Balaban J connectivity index is 2.38. The molecule has 3 aromatic rings. The minimum Gasteiger partial charge on any atom is -0.376 e. The monoisotopic (exact) mass is 402 g/mol. The Hall–Kier alpha value is -2.78. The van der Waals surface area contributed by atoms with Crippen LogP contribution in [0.25, 0.3) is 0 Å². The zero-order valence-corrected chi connectivity index (χ0v) is 18.7. The molecule has 0 amide bonds. The molecule has 1 N–H and O–H groups in total. The van der Waals surface area contributed by atoms with E-state index in [1.54, 1.807) is 0 Å². The number of para-hydroxylation sites is 1. The van der Waals surface area contributed by atoms with Crippen molar-refractivity contribution in [3.05, 3.63) is 95.6 Å². The molecule has 0 atom stereocenters. The molecule has 3 rings (SSSR count). The molecule has 3 nitrogen and oxygen atoms in total. The third-order valence-electron chi connectivity index (χ3n) is 5.97. The Morgan fingerprint density at radius 2 is 1.07 bits per heavy atom. The van der Waals surface area contributed by atoms with Crippen LogP contribution >= 0.6 is 0 Å². The second-order valence-corrected chi connectivity index (χ2v) is 7.46. The molecule has 0 radical (unpaired) electrons. The van der Waals surface area contributed by atoms with E-state index in [1.807, 2.05) is 60.7 Å². The average Bonchev–Trinajstić information content (AvgIpc) is 2.82. The van der Waals surface area contributed by atoms with E-state index in [-0.39, 0.29) is 0 Å². The third-order valence-corrected chi connectivity index (χ3v) is 5.97. The van der Waals surface area contributed by atoms with Gasteiger partial charge in [-0.05, 0) is 44.9 Å². The molecule has 0 fully saturated rings. The van der Waals surface area contributed by atoms with Crippen molar-refractivity contribution in [2.24, 2.45) is 0 Å². The van der Waals surface area contributed by atoms with Gasteiger partial charge < -0.3 is 14.9 Å². The van der Waals surface area contributed by atoms with E-state index in [2.05, 4.69) is 55.7 Å². The van der Waals surface area contributed by atoms with Gasteiger partial charge in [0.05, 0.1) is 11.4 Å². The molecule has 0 spiro atoms. The number of anilines is 2. The van der Waals surface area contributed by atoms with Crippen LogP contribution in [-0.2, 0) is 5.60 Å². The first-order valence-corrected chi connectivity index (χ1v) is 11.1. The smallest absolute Gasteiger partial charge is 0.142 e. The molecule has 30 heavy (non-hydrogen) atoms. The molecule has 0 aliphatic rings. The van der Waals surface area contributed by atoms with E-state index in [4.69, 9.17) is 0 Å². The van der Waals surface area contributed by atoms with Crippen molar-refractivity contribution < 1.29 is 5.11 Å². The molecule has 0 bridgehead atoms. The Bertz CT molecular complexity index is 877. The zero-order chi connectivity index (χ0) is 21.6. The molecule has 3 heteroatoms. The molecular formula is C27H34N2O. The fraction of sp³-hybridized carbons (Fsp3) is 0.333. The van der Waals surface area contributed by atoms with Gasteiger partial charge in [0.25, 0.3) is 0 Å². The first kappa shape index (κ1) is 21.9. The fourth-order valence-corrected chi connectivity index (χ4v) is 4.35. The van der Waals surface area contributed by atoms with Crippen molar-refractivity contribution in [1.82, 2.24) is 0 Å². The fourth-order valence-electron chi connectivity index (χ4n) is 4.35. The van der Waals surface area contributed by atoms with E-state index >= 15 is 0 Å². The summed E-state index contributed by atoms with van der Waals surface area (Å²) in [6, 6.07) is 26.4. The molecule has 0 aromatic heterocycles. The van der Waals surface area contributed by atoms with Crippen molar-refractivity contribution in [2.45, 2.75) is 33.3 Å². The molecule has 158 valence electrons. The van der Waals surface area contributed by atoms with E-state index in [0.29, 0.717) is 0 Å². The van der Waals surface area contributed by atoms with Gasteiger partial charge in [-0.1, -0.05) is 72.8 Å². The Labute approximate surface area is 181 Å². The summed E-state index contributed by atoms with van der Waals surface area (Å²) < 4.78 is 0. The Morgan fingerprint density at radius 3 is 1.50 bits per heavy atom. The highest BCUT2D eigenvalue weighted by molar-refractivity contribution is 5.78. The predicted octanol–water partition coefficient (Wildman–Crippen LogP) is 5.66. The third kappa shape index (κ3) is 3.95. The van der Waals surface area contributed by atoms with Crippen molar-refractivity contribution in [2.75, 3.05) is 36.0 Å². The van der Waals surface area contributed by atoms with Crippen molar-refractivity contribution >= 4 is 11.4 Å². The van der Waals surface area contributed by atoms with Gasteiger partial charge in [-0.3, -0.25) is 0 Å². The lowest BCUT2D eigenvalue weighted by Gasteiger charge is -2.38. The normalized spacial score (nSPS) is 11.4. The molecule has 0 unspecified atom stereocenters. The van der Waals surface area contributed by atoms with E-state index in [9.17, 15) is 5.11 Å². The van der Waals surface area contributed by atoms with Crippen LogP contribution in [0.1, 0.15) is 44.4 Å². The Morgan fingerprint density at radius 1 is 0.600 bits per heavy atom. The molecule has 0 saturated carbocycles. The topological polar surface area (TPSA) is 26.7 Å². The van der Waals surface area contributed by atoms with Gasteiger partial charge in [-0.2, -0.15) is 0 Å². The van der Waals surface area contributed by atoms with Crippen LogP contribution in [0.3, 0.4) is 0 Å². The first-order valence-electron chi connectivity index (χ1n) is 11.1. The van der Waals surface area contributed by atoms with Crippen molar-refractivity contribution in [3.63, 3.8) is 0 Å². The van der Waals surface area contributed by atoms with Gasteiger partial charge >= 0.3 is 0 Å². The van der Waals surface area contributed by atoms with Crippen LogP contribution in [0.4, 0.5) is 11.4 Å². The maximum absolute atomic E-state index is 12.5. The van der Waals surface area contributed by atoms with E-state index in [0.717, 1.165) is 48.6 Å². The maximum atomic E-state index is 12.5. The van der Waals surface area contributed by atoms with E-state index in [1.165, 1.54) is 5.69 Å². The summed E-state index contributed by atoms with van der Waals surface area (Å²) in [4.78, 5) is 4.73. The number of benzene rings is 3. The summed E-state index contributed by atoms with van der Waals surface area (Å²) in [6.07, 6.45) is 0. The lowest BCUT2D eigenvalue weighted by molar-refractivity contribution is 0.126. The van der Waals surface area contributed by atoms with Crippen molar-refractivity contribution in [1.29, 1.82) is 0 Å². The lowest BCUT2D eigenvalue weighted by Crippen LogP contribution is -2.35. The summed E-state index contributed by atoms with van der Waals surface area (Å²) >= 11 is 0. The Kier molecular flexibility index (Phi) is 7.17. The second-order valence-electron chi connectivity index (χ2n) is 7.46. The number of nitrogens with zero attached hydrogens (tertiary/aromatic N) is 2. The molecule has 0 saturated heterocycles. The number of hydrogen-bond acceptors (Lipinski definition) is 3. The van der Waals surface area contributed by atoms with Crippen LogP contribution in [0.15, 0.2) is 78.9 Å². The zero-order valence-electron chi connectivity index (χ0n) is 18.7. The molecule has 0 aliphatic carbocycles. The van der Waals surface area contributed by atoms with Crippen LogP contribution in [-0.4, -0.2) is 31.3 Å². The molecule has 0 heterocycles. The van der Waals surface area contributed by atoms with Crippen LogP contribution in [0, 0.1) is 0 Å². The standard InChI is InChI=1S/C27H34N2O/c1-5-28(6-2)25-21-15-20-24(26(25)29(7-3)8-4)27(30,22-16-11-9-12-17-22)23-18-13-10-14-19-23/h9-21,30H,5-8H2,1-4H3. The highest BCUT2D eigenvalue weighted by Gasteiger charge is 2.37. The lowest BCUT2D eigenvalue weighted by atomic mass is 9.79. The van der Waals surface area contributed by atoms with Gasteiger partial charge in [0, 0.05) is 31.7 Å². The minimum absolute atomic E-state index is 0.876. The SMILES string of the molecule is CCN(CC)c1cccc(C(O)(c2ccccc2)c2ccccc2)c1N(CC)CC. The summed E-state index contributed by atoms with van der Waals surface area (Å²) in [5, 5.41) is 12.5. The maximum Gasteiger partial charge on any atom is 0.142 e. The highest BCUT2D eigenvalue weighted by Crippen LogP contribution is 2.45. The minimum atomic E-state index is -1.25. The largest absolute Gasteiger partial charge is 0.376 e. The van der Waals surface area contributed by atoms with Crippen LogP contribution in [0.2, 0.25) is 0 Å². The molecule has 3 aromatic carbocycles. The van der Waals surface area contributed by atoms with Gasteiger partial charge in [-0.15, -0.1) is 0 Å². The summed E-state index contributed by atoms with van der Waals surface area (Å²) in [5.74, 6) is 0. The van der Waals surface area contributed by atoms with Crippen LogP contribution in [0.5, 0.6) is 0 Å². The van der Waals surface area contributed by atoms with Gasteiger partial charge in [0.15, 0.2) is 0 Å². The molecule has 0 aliphatic heterocycles. The number of hydrogen-bond donors (Lipinski definition) is 1. The number of aliphatic hydroxyl groups is 1. The quantitative estimate of drug-likeness (QED) is 0.468. The summed E-state index contributed by atoms with van der Waals surface area (Å²) in [6.45, 7) is 12.3. The van der Waals surface area contributed by atoms with Crippen LogP contribution < -0.4 is 9.80 Å². The molecular weight excluding hydrogens is 368 g/mol. The predicted molar refractivity (Wildman–Crippen MR) is 129 cm³/mol.